The first-order valence-corrected chi connectivity index (χ1v) is 8.22. The van der Waals surface area contributed by atoms with Gasteiger partial charge in [0.2, 0.25) is 0 Å². The van der Waals surface area contributed by atoms with Gasteiger partial charge in [-0.25, -0.2) is 13.2 Å². The first kappa shape index (κ1) is 17.3. The summed E-state index contributed by atoms with van der Waals surface area (Å²) in [5.41, 5.74) is 0.422. The van der Waals surface area contributed by atoms with E-state index in [0.29, 0.717) is 5.56 Å². The Bertz CT molecular complexity index is 945. The minimum Gasteiger partial charge on any atom is -0.495 e. The Labute approximate surface area is 139 Å². The van der Waals surface area contributed by atoms with Crippen LogP contribution < -0.4 is 9.46 Å². The van der Waals surface area contributed by atoms with E-state index < -0.39 is 16.0 Å². The third kappa shape index (κ3) is 3.31. The molecule has 7 nitrogen and oxygen atoms in total. The summed E-state index contributed by atoms with van der Waals surface area (Å²) in [5, 5.41) is 18.2. The van der Waals surface area contributed by atoms with Crippen LogP contribution in [0.3, 0.4) is 0 Å². The molecule has 0 saturated carbocycles. The molecule has 124 valence electrons. The van der Waals surface area contributed by atoms with E-state index in [9.17, 15) is 18.5 Å². The summed E-state index contributed by atoms with van der Waals surface area (Å²) in [4.78, 5) is 10.9. The van der Waals surface area contributed by atoms with E-state index in [1.54, 1.807) is 13.0 Å². The Morgan fingerprint density at radius 2 is 2.00 bits per heavy atom. The van der Waals surface area contributed by atoms with Crippen molar-refractivity contribution in [3.8, 4) is 11.8 Å². The van der Waals surface area contributed by atoms with Gasteiger partial charge in [-0.2, -0.15) is 5.26 Å². The molecule has 2 N–H and O–H groups in total. The third-order valence-electron chi connectivity index (χ3n) is 3.33. The van der Waals surface area contributed by atoms with Crippen LogP contribution in [0.2, 0.25) is 0 Å². The Balaban J connectivity index is 2.55. The van der Waals surface area contributed by atoms with Crippen molar-refractivity contribution in [1.29, 1.82) is 5.26 Å². The molecule has 0 spiro atoms. The van der Waals surface area contributed by atoms with Gasteiger partial charge in [0.05, 0.1) is 23.9 Å². The fourth-order valence-electron chi connectivity index (χ4n) is 2.13. The van der Waals surface area contributed by atoms with Gasteiger partial charge in [0.25, 0.3) is 10.0 Å². The van der Waals surface area contributed by atoms with E-state index in [1.165, 1.54) is 31.4 Å². The second-order valence-corrected chi connectivity index (χ2v) is 6.54. The normalized spacial score (nSPS) is 10.7. The Hall–Kier alpha value is -3.05. The predicted octanol–water partition coefficient (Wildman–Crippen LogP) is 2.37. The lowest BCUT2D eigenvalue weighted by Crippen LogP contribution is -2.16. The second-order valence-electron chi connectivity index (χ2n) is 4.89. The maximum absolute atomic E-state index is 12.6. The molecule has 0 unspecified atom stereocenters. The van der Waals surface area contributed by atoms with E-state index in [2.05, 4.69) is 4.72 Å². The maximum Gasteiger partial charge on any atom is 0.335 e. The maximum atomic E-state index is 12.6. The van der Waals surface area contributed by atoms with Crippen LogP contribution in [0.1, 0.15) is 21.5 Å². The number of nitriles is 1. The highest BCUT2D eigenvalue weighted by molar-refractivity contribution is 7.92. The summed E-state index contributed by atoms with van der Waals surface area (Å²) in [5.74, 6) is -1.04. The topological polar surface area (TPSA) is 116 Å². The molecule has 0 atom stereocenters. The number of hydrogen-bond donors (Lipinski definition) is 2. The number of benzene rings is 2. The second kappa shape index (κ2) is 6.60. The van der Waals surface area contributed by atoms with Gasteiger partial charge >= 0.3 is 5.97 Å². The number of aryl methyl sites for hydroxylation is 1. The molecular formula is C16H14N2O5S. The van der Waals surface area contributed by atoms with E-state index in [0.717, 1.165) is 6.07 Å². The van der Waals surface area contributed by atoms with Crippen LogP contribution in [0.15, 0.2) is 41.3 Å². The standard InChI is InChI=1S/C16H14N2O5S/c1-10-4-3-5-15(12(10)9-17)24(21,22)18-13-8-11(16(19)20)6-7-14(13)23-2/h3-8,18H,1-2H3,(H,19,20). The van der Waals surface area contributed by atoms with Gasteiger partial charge in [-0.1, -0.05) is 12.1 Å². The zero-order valence-electron chi connectivity index (χ0n) is 12.9. The quantitative estimate of drug-likeness (QED) is 0.858. The fraction of sp³-hybridized carbons (Fsp3) is 0.125. The molecule has 0 saturated heterocycles. The molecule has 0 aliphatic carbocycles. The summed E-state index contributed by atoms with van der Waals surface area (Å²) >= 11 is 0. The number of hydrogen-bond acceptors (Lipinski definition) is 5. The number of nitrogens with zero attached hydrogens (tertiary/aromatic N) is 1. The van der Waals surface area contributed by atoms with Crippen LogP contribution in [-0.4, -0.2) is 26.6 Å². The summed E-state index contributed by atoms with van der Waals surface area (Å²) in [7, 11) is -2.76. The van der Waals surface area contributed by atoms with Crippen molar-refractivity contribution in [2.45, 2.75) is 11.8 Å². The molecule has 0 heterocycles. The van der Waals surface area contributed by atoms with Crippen molar-refractivity contribution in [2.75, 3.05) is 11.8 Å². The number of aromatic carboxylic acids is 1. The smallest absolute Gasteiger partial charge is 0.335 e. The van der Waals surface area contributed by atoms with Crippen molar-refractivity contribution >= 4 is 21.7 Å². The van der Waals surface area contributed by atoms with Crippen LogP contribution in [-0.2, 0) is 10.0 Å². The number of carboxylic acids is 1. The number of methoxy groups -OCH3 is 1. The zero-order valence-corrected chi connectivity index (χ0v) is 13.7. The monoisotopic (exact) mass is 346 g/mol. The van der Waals surface area contributed by atoms with Gasteiger partial charge in [-0.15, -0.1) is 0 Å². The molecule has 0 aromatic heterocycles. The molecule has 2 aromatic rings. The van der Waals surface area contributed by atoms with Crippen LogP contribution in [0.4, 0.5) is 5.69 Å². The minimum absolute atomic E-state index is 0.0252. The van der Waals surface area contributed by atoms with Crippen molar-refractivity contribution in [1.82, 2.24) is 0 Å². The van der Waals surface area contributed by atoms with Gasteiger partial charge < -0.3 is 9.84 Å². The molecule has 0 bridgehead atoms. The number of ether oxygens (including phenoxy) is 1. The van der Waals surface area contributed by atoms with Gasteiger partial charge in [0.1, 0.15) is 16.7 Å². The van der Waals surface area contributed by atoms with Crippen LogP contribution in [0, 0.1) is 18.3 Å². The largest absolute Gasteiger partial charge is 0.495 e. The molecular weight excluding hydrogens is 332 g/mol. The van der Waals surface area contributed by atoms with Gasteiger partial charge in [-0.05, 0) is 36.8 Å². The van der Waals surface area contributed by atoms with Crippen molar-refractivity contribution in [3.63, 3.8) is 0 Å². The van der Waals surface area contributed by atoms with Crippen LogP contribution in [0.5, 0.6) is 5.75 Å². The minimum atomic E-state index is -4.10. The SMILES string of the molecule is COc1ccc(C(=O)O)cc1NS(=O)(=O)c1cccc(C)c1C#N. The first-order chi connectivity index (χ1) is 11.3. The van der Waals surface area contributed by atoms with Crippen LogP contribution >= 0.6 is 0 Å². The zero-order chi connectivity index (χ0) is 17.9. The molecule has 0 amide bonds. The fourth-order valence-corrected chi connectivity index (χ4v) is 3.42. The van der Waals surface area contributed by atoms with E-state index in [1.807, 2.05) is 6.07 Å². The molecule has 0 aliphatic heterocycles. The lowest BCUT2D eigenvalue weighted by Gasteiger charge is -2.14. The predicted molar refractivity (Wildman–Crippen MR) is 86.7 cm³/mol. The number of carbonyl (C=O) groups is 1. The molecule has 0 radical (unpaired) electrons. The van der Waals surface area contributed by atoms with Crippen molar-refractivity contribution in [3.05, 3.63) is 53.1 Å². The molecule has 8 heteroatoms. The Morgan fingerprint density at radius 1 is 1.29 bits per heavy atom. The summed E-state index contributed by atoms with van der Waals surface area (Å²) < 4.78 is 32.6. The highest BCUT2D eigenvalue weighted by atomic mass is 32.2. The van der Waals surface area contributed by atoms with Crippen molar-refractivity contribution < 1.29 is 23.1 Å². The molecule has 2 rings (SSSR count). The van der Waals surface area contributed by atoms with Gasteiger partial charge in [0.15, 0.2) is 0 Å². The number of nitrogens with one attached hydrogen (secondary N) is 1. The van der Waals surface area contributed by atoms with E-state index >= 15 is 0 Å². The third-order valence-corrected chi connectivity index (χ3v) is 4.73. The summed E-state index contributed by atoms with van der Waals surface area (Å²) in [6, 6.07) is 10.1. The molecule has 2 aromatic carbocycles. The average Bonchev–Trinajstić information content (AvgIpc) is 2.54. The first-order valence-electron chi connectivity index (χ1n) is 6.74. The number of carboxylic acid groups (broad SMARTS) is 1. The average molecular weight is 346 g/mol. The Kier molecular flexibility index (Phi) is 4.76. The van der Waals surface area contributed by atoms with Gasteiger partial charge in [-0.3, -0.25) is 4.72 Å². The Morgan fingerprint density at radius 3 is 2.58 bits per heavy atom. The van der Waals surface area contributed by atoms with Gasteiger partial charge in [0, 0.05) is 0 Å². The van der Waals surface area contributed by atoms with Crippen molar-refractivity contribution in [2.24, 2.45) is 0 Å². The summed E-state index contributed by atoms with van der Waals surface area (Å²) in [6.07, 6.45) is 0. The summed E-state index contributed by atoms with van der Waals surface area (Å²) in [6.45, 7) is 1.63. The van der Waals surface area contributed by atoms with E-state index in [4.69, 9.17) is 9.84 Å². The highest BCUT2D eigenvalue weighted by Crippen LogP contribution is 2.29. The lowest BCUT2D eigenvalue weighted by atomic mass is 10.1. The highest BCUT2D eigenvalue weighted by Gasteiger charge is 2.22. The molecule has 0 aliphatic rings. The molecule has 0 fully saturated rings. The number of anilines is 1. The molecule has 24 heavy (non-hydrogen) atoms. The number of rotatable bonds is 5. The van der Waals surface area contributed by atoms with E-state index in [-0.39, 0.29) is 27.5 Å². The lowest BCUT2D eigenvalue weighted by molar-refractivity contribution is 0.0697. The number of sulfonamides is 1. The van der Waals surface area contributed by atoms with Crippen LogP contribution in [0.25, 0.3) is 0 Å².